The molecule has 0 fully saturated rings. The Morgan fingerprint density at radius 2 is 2.31 bits per heavy atom. The molecule has 3 nitrogen and oxygen atoms in total. The molecule has 2 heterocycles. The second kappa shape index (κ2) is 5.17. The molecule has 0 bridgehead atoms. The fourth-order valence-corrected chi connectivity index (χ4v) is 2.52. The first-order valence-electron chi connectivity index (χ1n) is 4.97. The van der Waals surface area contributed by atoms with Crippen LogP contribution in [0.15, 0.2) is 18.3 Å². The summed E-state index contributed by atoms with van der Waals surface area (Å²) in [6.07, 6.45) is 2.74. The van der Waals surface area contributed by atoms with Crippen LogP contribution in [0.5, 0.6) is 0 Å². The Labute approximate surface area is 108 Å². The molecule has 0 aromatic carbocycles. The summed E-state index contributed by atoms with van der Waals surface area (Å²) in [4.78, 5) is 1.16. The van der Waals surface area contributed by atoms with Crippen molar-refractivity contribution in [2.24, 2.45) is 0 Å². The Balaban J connectivity index is 2.08. The third-order valence-electron chi connectivity index (χ3n) is 2.18. The van der Waals surface area contributed by atoms with Crippen molar-refractivity contribution in [1.29, 1.82) is 0 Å². The first kappa shape index (κ1) is 11.9. The summed E-state index contributed by atoms with van der Waals surface area (Å²) in [5.74, 6) is 0. The first-order valence-corrected chi connectivity index (χ1v) is 6.60. The Morgan fingerprint density at radius 3 is 2.94 bits per heavy atom. The Morgan fingerprint density at radius 1 is 1.50 bits per heavy atom. The topological polar surface area (TPSA) is 30.7 Å². The molecule has 0 spiro atoms. The summed E-state index contributed by atoms with van der Waals surface area (Å²) < 4.78 is 2.57. The predicted molar refractivity (Wildman–Crippen MR) is 67.3 cm³/mol. The molecule has 0 saturated carbocycles. The van der Waals surface area contributed by atoms with E-state index in [4.69, 9.17) is 23.2 Å². The van der Waals surface area contributed by atoms with Gasteiger partial charge in [-0.05, 0) is 18.6 Å². The maximum Gasteiger partial charge on any atom is 0.101 e. The number of thiophene rings is 1. The molecule has 0 radical (unpaired) electrons. The van der Waals surface area contributed by atoms with E-state index in [-0.39, 0.29) is 5.38 Å². The Kier molecular flexibility index (Phi) is 3.84. The van der Waals surface area contributed by atoms with E-state index < -0.39 is 0 Å². The number of hydrogen-bond acceptors (Lipinski definition) is 3. The molecule has 86 valence electrons. The molecule has 0 N–H and O–H groups in total. The van der Waals surface area contributed by atoms with Gasteiger partial charge in [0.25, 0.3) is 0 Å². The first-order chi connectivity index (χ1) is 7.69. The average Bonchev–Trinajstić information content (AvgIpc) is 2.87. The van der Waals surface area contributed by atoms with Gasteiger partial charge < -0.3 is 0 Å². The zero-order chi connectivity index (χ0) is 11.5. The van der Waals surface area contributed by atoms with E-state index in [1.165, 1.54) is 0 Å². The summed E-state index contributed by atoms with van der Waals surface area (Å²) in [5.41, 5.74) is 0.826. The molecule has 2 aromatic heterocycles. The maximum atomic E-state index is 6.08. The van der Waals surface area contributed by atoms with Crippen LogP contribution in [0.4, 0.5) is 0 Å². The number of nitrogens with zero attached hydrogens (tertiary/aromatic N) is 3. The summed E-state index contributed by atoms with van der Waals surface area (Å²) in [6.45, 7) is 2.72. The zero-order valence-electron chi connectivity index (χ0n) is 8.73. The van der Waals surface area contributed by atoms with Crippen LogP contribution in [-0.4, -0.2) is 15.0 Å². The predicted octanol–water partition coefficient (Wildman–Crippen LogP) is 3.73. The van der Waals surface area contributed by atoms with E-state index >= 15 is 0 Å². The molecular weight excluding hydrogens is 265 g/mol. The van der Waals surface area contributed by atoms with Crippen LogP contribution >= 0.6 is 34.5 Å². The second-order valence-corrected chi connectivity index (χ2v) is 5.75. The zero-order valence-corrected chi connectivity index (χ0v) is 11.1. The number of rotatable bonds is 4. The molecule has 1 atom stereocenters. The summed E-state index contributed by atoms with van der Waals surface area (Å²) in [7, 11) is 0. The number of hydrogen-bond donors (Lipinski definition) is 0. The average molecular weight is 276 g/mol. The lowest BCUT2D eigenvalue weighted by Crippen LogP contribution is -1.98. The highest BCUT2D eigenvalue weighted by molar-refractivity contribution is 7.16. The van der Waals surface area contributed by atoms with Gasteiger partial charge in [0, 0.05) is 4.88 Å². The van der Waals surface area contributed by atoms with Gasteiger partial charge in [-0.15, -0.1) is 28.0 Å². The molecular formula is C10H11Cl2N3S. The van der Waals surface area contributed by atoms with Crippen molar-refractivity contribution in [2.45, 2.75) is 25.3 Å². The minimum atomic E-state index is -0.0549. The summed E-state index contributed by atoms with van der Waals surface area (Å²) >= 11 is 13.5. The highest BCUT2D eigenvalue weighted by atomic mass is 35.5. The summed E-state index contributed by atoms with van der Waals surface area (Å²) in [6, 6.07) is 3.88. The molecule has 1 unspecified atom stereocenters. The van der Waals surface area contributed by atoms with Gasteiger partial charge in [-0.1, -0.05) is 23.7 Å². The highest BCUT2D eigenvalue weighted by Crippen LogP contribution is 2.23. The SMILES string of the molecule is CCC(Cl)c1cn(Cc2ccc(Cl)s2)nn1. The Bertz CT molecular complexity index is 466. The van der Waals surface area contributed by atoms with Crippen molar-refractivity contribution in [3.63, 3.8) is 0 Å². The second-order valence-electron chi connectivity index (χ2n) is 3.42. The molecule has 2 aromatic rings. The number of alkyl halides is 1. The van der Waals surface area contributed by atoms with Crippen molar-refractivity contribution in [3.05, 3.63) is 33.2 Å². The smallest absolute Gasteiger partial charge is 0.101 e. The van der Waals surface area contributed by atoms with Gasteiger partial charge >= 0.3 is 0 Å². The lowest BCUT2D eigenvalue weighted by molar-refractivity contribution is 0.655. The molecule has 0 amide bonds. The minimum Gasteiger partial charge on any atom is -0.247 e. The fourth-order valence-electron chi connectivity index (χ4n) is 1.34. The molecule has 0 aliphatic rings. The van der Waals surface area contributed by atoms with Gasteiger partial charge in [-0.25, -0.2) is 4.68 Å². The third kappa shape index (κ3) is 2.75. The van der Waals surface area contributed by atoms with Crippen LogP contribution in [0.1, 0.15) is 29.3 Å². The van der Waals surface area contributed by atoms with Crippen LogP contribution in [0.25, 0.3) is 0 Å². The molecule has 0 saturated heterocycles. The van der Waals surface area contributed by atoms with Gasteiger partial charge in [0.05, 0.1) is 22.5 Å². The fraction of sp³-hybridized carbons (Fsp3) is 0.400. The lowest BCUT2D eigenvalue weighted by Gasteiger charge is -1.98. The summed E-state index contributed by atoms with van der Waals surface area (Å²) in [5, 5.41) is 8.02. The molecule has 0 aliphatic heterocycles. The van der Waals surface area contributed by atoms with Crippen LogP contribution < -0.4 is 0 Å². The Hall–Kier alpha value is -0.580. The van der Waals surface area contributed by atoms with Crippen molar-refractivity contribution in [1.82, 2.24) is 15.0 Å². The minimum absolute atomic E-state index is 0.0549. The van der Waals surface area contributed by atoms with Crippen LogP contribution in [0.3, 0.4) is 0 Å². The van der Waals surface area contributed by atoms with E-state index in [9.17, 15) is 0 Å². The van der Waals surface area contributed by atoms with E-state index in [2.05, 4.69) is 10.3 Å². The maximum absolute atomic E-state index is 6.08. The van der Waals surface area contributed by atoms with E-state index in [0.717, 1.165) is 21.3 Å². The van der Waals surface area contributed by atoms with Gasteiger partial charge in [0.2, 0.25) is 0 Å². The van der Waals surface area contributed by atoms with Crippen molar-refractivity contribution in [3.8, 4) is 0 Å². The van der Waals surface area contributed by atoms with Crippen LogP contribution in [-0.2, 0) is 6.54 Å². The van der Waals surface area contributed by atoms with E-state index in [1.807, 2.05) is 25.3 Å². The standard InChI is InChI=1S/C10H11Cl2N3S/c1-2-8(11)9-6-15(14-13-9)5-7-3-4-10(12)16-7/h3-4,6,8H,2,5H2,1H3. The van der Waals surface area contributed by atoms with Gasteiger partial charge in [-0.3, -0.25) is 0 Å². The van der Waals surface area contributed by atoms with E-state index in [1.54, 1.807) is 16.0 Å². The van der Waals surface area contributed by atoms with Gasteiger partial charge in [-0.2, -0.15) is 0 Å². The van der Waals surface area contributed by atoms with E-state index in [0.29, 0.717) is 6.54 Å². The van der Waals surface area contributed by atoms with Crippen LogP contribution in [0, 0.1) is 0 Å². The third-order valence-corrected chi connectivity index (χ3v) is 3.93. The van der Waals surface area contributed by atoms with Gasteiger partial charge in [0.1, 0.15) is 5.69 Å². The molecule has 0 aliphatic carbocycles. The normalized spacial score (nSPS) is 12.9. The lowest BCUT2D eigenvalue weighted by atomic mass is 10.3. The van der Waals surface area contributed by atoms with Crippen molar-refractivity contribution < 1.29 is 0 Å². The molecule has 16 heavy (non-hydrogen) atoms. The quantitative estimate of drug-likeness (QED) is 0.796. The van der Waals surface area contributed by atoms with Crippen molar-refractivity contribution >= 4 is 34.5 Å². The van der Waals surface area contributed by atoms with Gasteiger partial charge in [0.15, 0.2) is 0 Å². The molecule has 2 rings (SSSR count). The highest BCUT2D eigenvalue weighted by Gasteiger charge is 2.10. The number of halogens is 2. The largest absolute Gasteiger partial charge is 0.247 e. The van der Waals surface area contributed by atoms with Crippen LogP contribution in [0.2, 0.25) is 4.34 Å². The molecule has 6 heteroatoms. The van der Waals surface area contributed by atoms with Crippen molar-refractivity contribution in [2.75, 3.05) is 0 Å². The monoisotopic (exact) mass is 275 g/mol. The number of aromatic nitrogens is 3.